The average molecular weight is 382 g/mol. The first-order chi connectivity index (χ1) is 11.5. The summed E-state index contributed by atoms with van der Waals surface area (Å²) in [5, 5.41) is 7.26. The molecule has 3 aromatic rings. The predicted molar refractivity (Wildman–Crippen MR) is 96.5 cm³/mol. The molecule has 24 heavy (non-hydrogen) atoms. The van der Waals surface area contributed by atoms with Crippen LogP contribution in [0.5, 0.6) is 0 Å². The lowest BCUT2D eigenvalue weighted by Gasteiger charge is -2.06. The molecule has 0 unspecified atom stereocenters. The molecule has 2 aromatic carbocycles. The lowest BCUT2D eigenvalue weighted by molar-refractivity contribution is -0.114. The molecule has 1 amide bonds. The second-order valence-electron chi connectivity index (χ2n) is 4.93. The maximum Gasteiger partial charge on any atom is 0.257 e. The van der Waals surface area contributed by atoms with E-state index >= 15 is 0 Å². The lowest BCUT2D eigenvalue weighted by Crippen LogP contribution is -2.18. The molecular weight excluding hydrogens is 371 g/mol. The van der Waals surface area contributed by atoms with Crippen molar-refractivity contribution in [3.63, 3.8) is 0 Å². The minimum atomic E-state index is -1.13. The standard InChI is InChI=1S/C17H11Cl3N2O2/c18-13-7-2-1-6-12(13)14-9-15(24-22-14)10-4-3-5-11(8-10)21-17(23)16(19)20/h1-9,16H,(H,21,23). The molecule has 0 aliphatic rings. The van der Waals surface area contributed by atoms with Gasteiger partial charge in [-0.15, -0.1) is 0 Å². The van der Waals surface area contributed by atoms with E-state index in [1.807, 2.05) is 24.3 Å². The van der Waals surface area contributed by atoms with Crippen molar-refractivity contribution in [1.29, 1.82) is 0 Å². The van der Waals surface area contributed by atoms with Crippen LogP contribution in [0.15, 0.2) is 59.1 Å². The van der Waals surface area contributed by atoms with Gasteiger partial charge in [0, 0.05) is 22.9 Å². The van der Waals surface area contributed by atoms with Gasteiger partial charge in [-0.2, -0.15) is 0 Å². The summed E-state index contributed by atoms with van der Waals surface area (Å²) in [7, 11) is 0. The molecule has 0 aliphatic carbocycles. The molecule has 0 aliphatic heterocycles. The van der Waals surface area contributed by atoms with Crippen molar-refractivity contribution in [2.75, 3.05) is 5.32 Å². The molecule has 0 fully saturated rings. The van der Waals surface area contributed by atoms with Crippen LogP contribution in [0.4, 0.5) is 5.69 Å². The highest BCUT2D eigenvalue weighted by Gasteiger charge is 2.14. The monoisotopic (exact) mass is 380 g/mol. The van der Waals surface area contributed by atoms with Crippen molar-refractivity contribution in [2.45, 2.75) is 4.84 Å². The summed E-state index contributed by atoms with van der Waals surface area (Å²) in [5.41, 5.74) is 2.72. The van der Waals surface area contributed by atoms with E-state index in [0.29, 0.717) is 22.2 Å². The van der Waals surface area contributed by atoms with Gasteiger partial charge in [-0.05, 0) is 18.2 Å². The Labute approximate surface area is 153 Å². The Morgan fingerprint density at radius 3 is 2.62 bits per heavy atom. The van der Waals surface area contributed by atoms with Crippen molar-refractivity contribution >= 4 is 46.4 Å². The smallest absolute Gasteiger partial charge is 0.257 e. The van der Waals surface area contributed by atoms with E-state index in [1.165, 1.54) is 0 Å². The van der Waals surface area contributed by atoms with Gasteiger partial charge >= 0.3 is 0 Å². The normalized spacial score (nSPS) is 10.8. The molecule has 1 N–H and O–H groups in total. The fourth-order valence-corrected chi connectivity index (χ4v) is 2.50. The van der Waals surface area contributed by atoms with E-state index in [-0.39, 0.29) is 0 Å². The summed E-state index contributed by atoms with van der Waals surface area (Å²) in [6.07, 6.45) is 0. The number of carbonyl (C=O) groups is 1. The fraction of sp³-hybridized carbons (Fsp3) is 0.0588. The van der Waals surface area contributed by atoms with E-state index in [2.05, 4.69) is 10.5 Å². The average Bonchev–Trinajstić information content (AvgIpc) is 3.05. The zero-order valence-electron chi connectivity index (χ0n) is 12.2. The molecule has 3 rings (SSSR count). The number of nitrogens with one attached hydrogen (secondary N) is 1. The Kier molecular flexibility index (Phi) is 5.09. The van der Waals surface area contributed by atoms with Crippen LogP contribution >= 0.6 is 34.8 Å². The summed E-state index contributed by atoms with van der Waals surface area (Å²) >= 11 is 17.2. The van der Waals surface area contributed by atoms with Crippen molar-refractivity contribution in [3.8, 4) is 22.6 Å². The molecule has 4 nitrogen and oxygen atoms in total. The Bertz CT molecular complexity index is 878. The molecule has 1 heterocycles. The number of rotatable bonds is 4. The van der Waals surface area contributed by atoms with E-state index in [9.17, 15) is 4.79 Å². The van der Waals surface area contributed by atoms with Gasteiger partial charge < -0.3 is 9.84 Å². The number of amides is 1. The maximum atomic E-state index is 11.6. The van der Waals surface area contributed by atoms with Crippen LogP contribution in [-0.4, -0.2) is 15.9 Å². The highest BCUT2D eigenvalue weighted by Crippen LogP contribution is 2.31. The number of aromatic nitrogens is 1. The first kappa shape index (κ1) is 16.8. The van der Waals surface area contributed by atoms with Crippen molar-refractivity contribution in [3.05, 3.63) is 59.6 Å². The molecule has 1 aromatic heterocycles. The molecule has 0 saturated heterocycles. The van der Waals surface area contributed by atoms with Crippen molar-refractivity contribution in [1.82, 2.24) is 5.16 Å². The first-order valence-electron chi connectivity index (χ1n) is 6.95. The Hall–Kier alpha value is -2.01. The minimum Gasteiger partial charge on any atom is -0.356 e. The largest absolute Gasteiger partial charge is 0.356 e. The van der Waals surface area contributed by atoms with Crippen LogP contribution in [0.3, 0.4) is 0 Å². The molecule has 0 atom stereocenters. The molecule has 7 heteroatoms. The fourth-order valence-electron chi connectivity index (χ4n) is 2.15. The second kappa shape index (κ2) is 7.26. The second-order valence-corrected chi connectivity index (χ2v) is 6.43. The molecular formula is C17H11Cl3N2O2. The quantitative estimate of drug-likeness (QED) is 0.615. The number of benzene rings is 2. The van der Waals surface area contributed by atoms with Crippen molar-refractivity contribution in [2.24, 2.45) is 0 Å². The number of halogens is 3. The van der Waals surface area contributed by atoms with E-state index in [4.69, 9.17) is 39.3 Å². The number of alkyl halides is 2. The van der Waals surface area contributed by atoms with Crippen LogP contribution in [-0.2, 0) is 4.79 Å². The first-order valence-corrected chi connectivity index (χ1v) is 8.21. The minimum absolute atomic E-state index is 0.496. The maximum absolute atomic E-state index is 11.6. The number of nitrogens with zero attached hydrogens (tertiary/aromatic N) is 1. The van der Waals surface area contributed by atoms with E-state index < -0.39 is 10.7 Å². The van der Waals surface area contributed by atoms with Crippen LogP contribution in [0.1, 0.15) is 0 Å². The number of hydrogen-bond donors (Lipinski definition) is 1. The van der Waals surface area contributed by atoms with Crippen LogP contribution in [0, 0.1) is 0 Å². The highest BCUT2D eigenvalue weighted by atomic mass is 35.5. The van der Waals surface area contributed by atoms with Crippen LogP contribution in [0.2, 0.25) is 5.02 Å². The SMILES string of the molecule is O=C(Nc1cccc(-c2cc(-c3ccccc3Cl)no2)c1)C(Cl)Cl. The third kappa shape index (κ3) is 3.73. The Morgan fingerprint density at radius 2 is 1.88 bits per heavy atom. The van der Waals surface area contributed by atoms with Gasteiger partial charge in [-0.3, -0.25) is 4.79 Å². The predicted octanol–water partition coefficient (Wildman–Crippen LogP) is 5.40. The van der Waals surface area contributed by atoms with Gasteiger partial charge in [0.05, 0.1) is 5.02 Å². The summed E-state index contributed by atoms with van der Waals surface area (Å²) in [5.74, 6) is 0.0547. The zero-order chi connectivity index (χ0) is 17.1. The summed E-state index contributed by atoms with van der Waals surface area (Å²) in [6, 6.07) is 16.2. The van der Waals surface area contributed by atoms with Gasteiger partial charge in [0.1, 0.15) is 5.69 Å². The molecule has 0 saturated carbocycles. The zero-order valence-corrected chi connectivity index (χ0v) is 14.4. The Morgan fingerprint density at radius 1 is 1.08 bits per heavy atom. The molecule has 0 radical (unpaired) electrons. The van der Waals surface area contributed by atoms with Gasteiger partial charge in [-0.25, -0.2) is 0 Å². The molecule has 0 bridgehead atoms. The highest BCUT2D eigenvalue weighted by molar-refractivity contribution is 6.54. The number of hydrogen-bond acceptors (Lipinski definition) is 3. The Balaban J connectivity index is 1.88. The summed E-state index contributed by atoms with van der Waals surface area (Å²) < 4.78 is 5.39. The molecule has 0 spiro atoms. The van der Waals surface area contributed by atoms with Gasteiger partial charge in [-0.1, -0.05) is 70.3 Å². The van der Waals surface area contributed by atoms with Crippen LogP contribution < -0.4 is 5.32 Å². The summed E-state index contributed by atoms with van der Waals surface area (Å²) in [6.45, 7) is 0. The summed E-state index contributed by atoms with van der Waals surface area (Å²) in [4.78, 5) is 10.4. The number of carbonyl (C=O) groups excluding carboxylic acids is 1. The molecule has 122 valence electrons. The van der Waals surface area contributed by atoms with Gasteiger partial charge in [0.25, 0.3) is 5.91 Å². The lowest BCUT2D eigenvalue weighted by atomic mass is 10.1. The van der Waals surface area contributed by atoms with E-state index in [1.54, 1.807) is 30.3 Å². The van der Waals surface area contributed by atoms with Gasteiger partial charge in [0.15, 0.2) is 10.6 Å². The third-order valence-electron chi connectivity index (χ3n) is 3.27. The van der Waals surface area contributed by atoms with Gasteiger partial charge in [0.2, 0.25) is 0 Å². The van der Waals surface area contributed by atoms with Crippen LogP contribution in [0.25, 0.3) is 22.6 Å². The van der Waals surface area contributed by atoms with E-state index in [0.717, 1.165) is 11.1 Å². The number of anilines is 1. The topological polar surface area (TPSA) is 55.1 Å². The van der Waals surface area contributed by atoms with Crippen molar-refractivity contribution < 1.29 is 9.32 Å². The third-order valence-corrected chi connectivity index (χ3v) is 4.00.